The first-order valence-electron chi connectivity index (χ1n) is 6.18. The Morgan fingerprint density at radius 1 is 1.17 bits per heavy atom. The van der Waals surface area contributed by atoms with E-state index in [2.05, 4.69) is 10.1 Å². The maximum atomic E-state index is 13.2. The second-order valence-corrected chi connectivity index (χ2v) is 6.16. The molecule has 0 saturated carbocycles. The van der Waals surface area contributed by atoms with Crippen molar-refractivity contribution in [1.29, 1.82) is 0 Å². The Hall–Kier alpha value is -2.59. The van der Waals surface area contributed by atoms with Crippen molar-refractivity contribution in [3.05, 3.63) is 41.7 Å². The van der Waals surface area contributed by atoms with Gasteiger partial charge < -0.3 is 8.94 Å². The molecule has 1 aromatic carbocycles. The van der Waals surface area contributed by atoms with Gasteiger partial charge in [0.25, 0.3) is 5.89 Å². The average Bonchev–Trinajstić information content (AvgIpc) is 3.07. The van der Waals surface area contributed by atoms with Crippen molar-refractivity contribution in [2.45, 2.75) is 11.8 Å². The van der Waals surface area contributed by atoms with Crippen molar-refractivity contribution in [1.82, 2.24) is 10.1 Å². The van der Waals surface area contributed by atoms with Crippen LogP contribution in [0, 0.1) is 18.6 Å². The first-order chi connectivity index (χ1) is 10.8. The van der Waals surface area contributed by atoms with Gasteiger partial charge in [0.1, 0.15) is 10.7 Å². The number of nitrogens with zero attached hydrogens (tertiary/aromatic N) is 2. The smallest absolute Gasteiger partial charge is 0.293 e. The molecular weight excluding hydrogens is 332 g/mol. The number of hydrogen-bond donors (Lipinski definition) is 1. The van der Waals surface area contributed by atoms with E-state index in [4.69, 9.17) is 14.1 Å². The number of hydrogen-bond acceptors (Lipinski definition) is 6. The highest BCUT2D eigenvalue weighted by Crippen LogP contribution is 2.28. The van der Waals surface area contributed by atoms with Crippen molar-refractivity contribution in [2.75, 3.05) is 0 Å². The topological polar surface area (TPSA) is 112 Å². The van der Waals surface area contributed by atoms with Gasteiger partial charge in [-0.05, 0) is 25.1 Å². The normalized spacial score (nSPS) is 11.8. The van der Waals surface area contributed by atoms with E-state index in [1.54, 1.807) is 0 Å². The Labute approximate surface area is 128 Å². The van der Waals surface area contributed by atoms with Crippen LogP contribution in [0.1, 0.15) is 5.76 Å². The van der Waals surface area contributed by atoms with Crippen LogP contribution in [0.15, 0.2) is 38.1 Å². The number of aryl methyl sites for hydroxylation is 1. The minimum Gasteiger partial charge on any atom is -0.455 e. The zero-order chi connectivity index (χ0) is 16.8. The molecule has 120 valence electrons. The summed E-state index contributed by atoms with van der Waals surface area (Å²) in [4.78, 5) is 3.75. The summed E-state index contributed by atoms with van der Waals surface area (Å²) < 4.78 is 59.1. The Bertz CT molecular complexity index is 995. The summed E-state index contributed by atoms with van der Waals surface area (Å²) in [5.41, 5.74) is 0.189. The number of aromatic nitrogens is 2. The lowest BCUT2D eigenvalue weighted by molar-refractivity contribution is 0.413. The number of benzene rings is 1. The van der Waals surface area contributed by atoms with E-state index in [0.717, 1.165) is 18.2 Å². The van der Waals surface area contributed by atoms with Crippen LogP contribution in [-0.2, 0) is 10.0 Å². The molecule has 10 heteroatoms. The van der Waals surface area contributed by atoms with Crippen LogP contribution in [0.4, 0.5) is 8.78 Å². The molecule has 0 saturated heterocycles. The van der Waals surface area contributed by atoms with Crippen molar-refractivity contribution in [3.63, 3.8) is 0 Å². The first-order valence-corrected chi connectivity index (χ1v) is 7.73. The van der Waals surface area contributed by atoms with Gasteiger partial charge in [-0.15, -0.1) is 0 Å². The zero-order valence-electron chi connectivity index (χ0n) is 11.6. The van der Waals surface area contributed by atoms with Crippen molar-refractivity contribution in [2.24, 2.45) is 5.14 Å². The van der Waals surface area contributed by atoms with Gasteiger partial charge in [0.15, 0.2) is 17.4 Å². The van der Waals surface area contributed by atoms with E-state index in [0.29, 0.717) is 0 Å². The van der Waals surface area contributed by atoms with Crippen LogP contribution in [0.3, 0.4) is 0 Å². The van der Waals surface area contributed by atoms with Gasteiger partial charge in [-0.3, -0.25) is 0 Å². The fourth-order valence-electron chi connectivity index (χ4n) is 1.93. The van der Waals surface area contributed by atoms with Gasteiger partial charge in [0, 0.05) is 11.6 Å². The van der Waals surface area contributed by atoms with E-state index < -0.39 is 21.7 Å². The molecular formula is C13H9F2N3O4S. The van der Waals surface area contributed by atoms with Crippen LogP contribution < -0.4 is 5.14 Å². The van der Waals surface area contributed by atoms with Crippen molar-refractivity contribution >= 4 is 10.0 Å². The summed E-state index contributed by atoms with van der Waals surface area (Å²) >= 11 is 0. The molecule has 0 amide bonds. The zero-order valence-corrected chi connectivity index (χ0v) is 12.4. The number of furan rings is 1. The van der Waals surface area contributed by atoms with E-state index in [1.807, 2.05) is 0 Å². The third kappa shape index (κ3) is 2.85. The highest BCUT2D eigenvalue weighted by Gasteiger charge is 2.22. The van der Waals surface area contributed by atoms with Gasteiger partial charge in [0.05, 0.1) is 0 Å². The third-order valence-electron chi connectivity index (χ3n) is 2.99. The second-order valence-electron chi connectivity index (χ2n) is 4.63. The molecule has 2 aromatic heterocycles. The number of nitrogens with two attached hydrogens (primary N) is 1. The van der Waals surface area contributed by atoms with Gasteiger partial charge in [-0.1, -0.05) is 5.16 Å². The van der Waals surface area contributed by atoms with E-state index in [9.17, 15) is 17.2 Å². The Morgan fingerprint density at radius 2 is 1.91 bits per heavy atom. The Morgan fingerprint density at radius 3 is 2.52 bits per heavy atom. The predicted octanol–water partition coefficient (Wildman–Crippen LogP) is 2.23. The molecule has 7 nitrogen and oxygen atoms in total. The molecule has 0 fully saturated rings. The van der Waals surface area contributed by atoms with Crippen LogP contribution in [0.25, 0.3) is 23.0 Å². The lowest BCUT2D eigenvalue weighted by atomic mass is 10.2. The number of primary sulfonamides is 1. The first kappa shape index (κ1) is 15.3. The van der Waals surface area contributed by atoms with Gasteiger partial charge in [-0.25, -0.2) is 22.3 Å². The lowest BCUT2D eigenvalue weighted by Gasteiger charge is -1.95. The average molecular weight is 341 g/mol. The fraction of sp³-hybridized carbons (Fsp3) is 0.0769. The van der Waals surface area contributed by atoms with Gasteiger partial charge in [0.2, 0.25) is 15.8 Å². The molecule has 23 heavy (non-hydrogen) atoms. The van der Waals surface area contributed by atoms with Crippen LogP contribution in [0.2, 0.25) is 0 Å². The number of rotatable bonds is 3. The highest BCUT2D eigenvalue weighted by atomic mass is 32.2. The third-order valence-corrected chi connectivity index (χ3v) is 4.01. The maximum Gasteiger partial charge on any atom is 0.293 e. The molecule has 3 rings (SSSR count). The summed E-state index contributed by atoms with van der Waals surface area (Å²) in [6, 6.07) is 4.26. The molecule has 0 aliphatic rings. The molecule has 0 atom stereocenters. The summed E-state index contributed by atoms with van der Waals surface area (Å²) in [7, 11) is -3.95. The standard InChI is InChI=1S/C13H9F2N3O4S/c1-6-11(23(16,19)20)5-10(21-6)13-17-12(18-22-13)7-2-3-8(14)9(15)4-7/h2-5H,1H3,(H2,16,19,20). The van der Waals surface area contributed by atoms with Crippen molar-refractivity contribution in [3.8, 4) is 23.0 Å². The van der Waals surface area contributed by atoms with E-state index in [-0.39, 0.29) is 33.7 Å². The van der Waals surface area contributed by atoms with Crippen LogP contribution >= 0.6 is 0 Å². The summed E-state index contributed by atoms with van der Waals surface area (Å²) in [5, 5.41) is 8.66. The fourth-order valence-corrected chi connectivity index (χ4v) is 2.64. The Balaban J connectivity index is 2.01. The molecule has 0 aliphatic carbocycles. The molecule has 2 heterocycles. The summed E-state index contributed by atoms with van der Waals surface area (Å²) in [5.74, 6) is -2.13. The van der Waals surface area contributed by atoms with Gasteiger partial charge >= 0.3 is 0 Å². The predicted molar refractivity (Wildman–Crippen MR) is 73.5 cm³/mol. The molecule has 0 spiro atoms. The molecule has 0 radical (unpaired) electrons. The van der Waals surface area contributed by atoms with E-state index in [1.165, 1.54) is 13.0 Å². The summed E-state index contributed by atoms with van der Waals surface area (Å²) in [6.45, 7) is 1.41. The number of sulfonamides is 1. The largest absolute Gasteiger partial charge is 0.455 e. The molecule has 2 N–H and O–H groups in total. The molecule has 0 bridgehead atoms. The van der Waals surface area contributed by atoms with E-state index >= 15 is 0 Å². The molecule has 0 aliphatic heterocycles. The number of halogens is 2. The minimum absolute atomic E-state index is 0.00661. The second kappa shape index (κ2) is 5.25. The quantitative estimate of drug-likeness (QED) is 0.782. The summed E-state index contributed by atoms with van der Waals surface area (Å²) in [6.07, 6.45) is 0. The SMILES string of the molecule is Cc1oc(-c2nc(-c3ccc(F)c(F)c3)no2)cc1S(N)(=O)=O. The lowest BCUT2D eigenvalue weighted by Crippen LogP contribution is -2.12. The van der Waals surface area contributed by atoms with Crippen LogP contribution in [-0.4, -0.2) is 18.6 Å². The van der Waals surface area contributed by atoms with Crippen LogP contribution in [0.5, 0.6) is 0 Å². The van der Waals surface area contributed by atoms with Crippen molar-refractivity contribution < 1.29 is 26.1 Å². The minimum atomic E-state index is -3.95. The molecule has 3 aromatic rings. The van der Waals surface area contributed by atoms with Gasteiger partial charge in [-0.2, -0.15) is 4.98 Å². The monoisotopic (exact) mass is 341 g/mol. The highest BCUT2D eigenvalue weighted by molar-refractivity contribution is 7.89. The Kier molecular flexibility index (Phi) is 3.49. The molecule has 0 unspecified atom stereocenters. The maximum absolute atomic E-state index is 13.2.